The van der Waals surface area contributed by atoms with E-state index in [0.29, 0.717) is 11.6 Å². The van der Waals surface area contributed by atoms with Crippen molar-refractivity contribution in [1.82, 2.24) is 4.98 Å². The maximum absolute atomic E-state index is 5.95. The third kappa shape index (κ3) is 2.23. The van der Waals surface area contributed by atoms with Gasteiger partial charge in [-0.05, 0) is 37.3 Å². The van der Waals surface area contributed by atoms with Crippen molar-refractivity contribution in [3.8, 4) is 11.6 Å². The second kappa shape index (κ2) is 5.13. The number of ether oxygens (including phenoxy) is 1. The first-order valence-electron chi connectivity index (χ1n) is 6.23. The van der Waals surface area contributed by atoms with Crippen LogP contribution in [0.4, 0.5) is 5.69 Å². The average molecular weight is 329 g/mol. The van der Waals surface area contributed by atoms with E-state index in [2.05, 4.69) is 20.9 Å². The number of pyridine rings is 1. The number of benzene rings is 2. The average Bonchev–Trinajstić information content (AvgIpc) is 2.45. The van der Waals surface area contributed by atoms with E-state index in [9.17, 15) is 0 Å². The Labute approximate surface area is 125 Å². The first-order chi connectivity index (χ1) is 9.66. The van der Waals surface area contributed by atoms with Gasteiger partial charge in [-0.2, -0.15) is 0 Å². The lowest BCUT2D eigenvalue weighted by Crippen LogP contribution is -1.95. The van der Waals surface area contributed by atoms with Gasteiger partial charge in [0.1, 0.15) is 5.75 Å². The summed E-state index contributed by atoms with van der Waals surface area (Å²) in [7, 11) is 0. The van der Waals surface area contributed by atoms with Crippen molar-refractivity contribution in [3.05, 3.63) is 58.7 Å². The number of halogens is 1. The Hall–Kier alpha value is -2.07. The van der Waals surface area contributed by atoms with E-state index in [1.54, 1.807) is 6.20 Å². The van der Waals surface area contributed by atoms with Crippen LogP contribution in [0.1, 0.15) is 5.56 Å². The molecule has 0 radical (unpaired) electrons. The van der Waals surface area contributed by atoms with E-state index < -0.39 is 0 Å². The Kier molecular flexibility index (Phi) is 3.32. The predicted molar refractivity (Wildman–Crippen MR) is 85.1 cm³/mol. The molecule has 0 aliphatic heterocycles. The summed E-state index contributed by atoms with van der Waals surface area (Å²) in [6.07, 6.45) is 1.74. The third-order valence-corrected chi connectivity index (χ3v) is 3.94. The van der Waals surface area contributed by atoms with Gasteiger partial charge in [-0.3, -0.25) is 0 Å². The van der Waals surface area contributed by atoms with Gasteiger partial charge in [0.15, 0.2) is 0 Å². The first-order valence-corrected chi connectivity index (χ1v) is 7.02. The van der Waals surface area contributed by atoms with Crippen LogP contribution < -0.4 is 10.5 Å². The molecule has 3 nitrogen and oxygen atoms in total. The second-order valence-electron chi connectivity index (χ2n) is 4.52. The summed E-state index contributed by atoms with van der Waals surface area (Å²) in [4.78, 5) is 4.33. The molecule has 3 aromatic rings. The fourth-order valence-corrected chi connectivity index (χ4v) is 2.57. The quantitative estimate of drug-likeness (QED) is 0.695. The Balaban J connectivity index is 2.12. The summed E-state index contributed by atoms with van der Waals surface area (Å²) in [6.45, 7) is 1.94. The molecule has 1 aromatic heterocycles. The molecule has 0 spiro atoms. The Morgan fingerprint density at radius 2 is 1.85 bits per heavy atom. The zero-order chi connectivity index (χ0) is 14.1. The van der Waals surface area contributed by atoms with E-state index in [-0.39, 0.29) is 0 Å². The van der Waals surface area contributed by atoms with Gasteiger partial charge in [0.25, 0.3) is 0 Å². The van der Waals surface area contributed by atoms with E-state index in [1.165, 1.54) is 0 Å². The summed E-state index contributed by atoms with van der Waals surface area (Å²) in [6, 6.07) is 13.5. The number of hydrogen-bond acceptors (Lipinski definition) is 3. The Morgan fingerprint density at radius 3 is 2.70 bits per heavy atom. The standard InChI is InChI=1S/C16H13BrN2O/c1-10-14(18)6-3-7-15(10)20-16-12-4-2-5-13(17)11(12)8-9-19-16/h2-9H,18H2,1H3. The maximum atomic E-state index is 5.95. The van der Waals surface area contributed by atoms with Gasteiger partial charge >= 0.3 is 0 Å². The van der Waals surface area contributed by atoms with Crippen LogP contribution in [0, 0.1) is 6.92 Å². The topological polar surface area (TPSA) is 48.1 Å². The molecule has 0 atom stereocenters. The minimum Gasteiger partial charge on any atom is -0.438 e. The zero-order valence-corrected chi connectivity index (χ0v) is 12.5. The van der Waals surface area contributed by atoms with E-state index >= 15 is 0 Å². The van der Waals surface area contributed by atoms with Gasteiger partial charge in [-0.25, -0.2) is 4.98 Å². The van der Waals surface area contributed by atoms with Crippen LogP contribution in [0.2, 0.25) is 0 Å². The summed E-state index contributed by atoms with van der Waals surface area (Å²) < 4.78 is 6.97. The van der Waals surface area contributed by atoms with E-state index in [1.807, 2.05) is 49.4 Å². The molecule has 0 saturated carbocycles. The minimum absolute atomic E-state index is 0.581. The minimum atomic E-state index is 0.581. The molecule has 0 aliphatic carbocycles. The molecule has 1 heterocycles. The van der Waals surface area contributed by atoms with Crippen molar-refractivity contribution in [2.75, 3.05) is 5.73 Å². The number of anilines is 1. The highest BCUT2D eigenvalue weighted by molar-refractivity contribution is 9.10. The maximum Gasteiger partial charge on any atom is 0.227 e. The Morgan fingerprint density at radius 1 is 1.05 bits per heavy atom. The van der Waals surface area contributed by atoms with Gasteiger partial charge in [0.05, 0.1) is 0 Å². The van der Waals surface area contributed by atoms with Gasteiger partial charge in [0, 0.05) is 32.7 Å². The Bertz CT molecular complexity index is 787. The summed E-state index contributed by atoms with van der Waals surface area (Å²) in [5.74, 6) is 1.31. The fourth-order valence-electron chi connectivity index (χ4n) is 2.07. The lowest BCUT2D eigenvalue weighted by molar-refractivity contribution is 0.466. The monoisotopic (exact) mass is 328 g/mol. The fraction of sp³-hybridized carbons (Fsp3) is 0.0625. The molecular weight excluding hydrogens is 316 g/mol. The number of nitrogens with two attached hydrogens (primary N) is 1. The lowest BCUT2D eigenvalue weighted by atomic mass is 10.1. The van der Waals surface area contributed by atoms with Gasteiger partial charge in [0.2, 0.25) is 5.88 Å². The molecule has 20 heavy (non-hydrogen) atoms. The summed E-state index contributed by atoms with van der Waals surface area (Å²) >= 11 is 3.54. The molecule has 100 valence electrons. The smallest absolute Gasteiger partial charge is 0.227 e. The van der Waals surface area contributed by atoms with E-state index in [4.69, 9.17) is 10.5 Å². The molecule has 0 amide bonds. The molecule has 0 aliphatic rings. The molecule has 4 heteroatoms. The summed E-state index contributed by atoms with van der Waals surface area (Å²) in [5, 5.41) is 2.03. The second-order valence-corrected chi connectivity index (χ2v) is 5.38. The van der Waals surface area contributed by atoms with Crippen molar-refractivity contribution in [2.24, 2.45) is 0 Å². The van der Waals surface area contributed by atoms with Crippen LogP contribution in [0.25, 0.3) is 10.8 Å². The van der Waals surface area contributed by atoms with Crippen LogP contribution in [0.5, 0.6) is 11.6 Å². The highest BCUT2D eigenvalue weighted by atomic mass is 79.9. The normalized spacial score (nSPS) is 10.7. The van der Waals surface area contributed by atoms with Crippen molar-refractivity contribution >= 4 is 32.4 Å². The van der Waals surface area contributed by atoms with Crippen LogP contribution in [0.15, 0.2) is 53.1 Å². The molecule has 0 fully saturated rings. The largest absolute Gasteiger partial charge is 0.438 e. The van der Waals surface area contributed by atoms with E-state index in [0.717, 1.165) is 26.6 Å². The van der Waals surface area contributed by atoms with Gasteiger partial charge in [-0.15, -0.1) is 0 Å². The molecule has 3 rings (SSSR count). The van der Waals surface area contributed by atoms with Crippen LogP contribution in [-0.2, 0) is 0 Å². The van der Waals surface area contributed by atoms with Gasteiger partial charge in [-0.1, -0.05) is 28.1 Å². The van der Waals surface area contributed by atoms with Crippen molar-refractivity contribution in [2.45, 2.75) is 6.92 Å². The SMILES string of the molecule is Cc1c(N)cccc1Oc1nccc2c(Br)cccc12. The molecule has 0 saturated heterocycles. The van der Waals surface area contributed by atoms with Crippen LogP contribution in [0.3, 0.4) is 0 Å². The van der Waals surface area contributed by atoms with Crippen molar-refractivity contribution in [3.63, 3.8) is 0 Å². The number of hydrogen-bond donors (Lipinski definition) is 1. The first kappa shape index (κ1) is 12.9. The number of nitrogen functional groups attached to an aromatic ring is 1. The lowest BCUT2D eigenvalue weighted by Gasteiger charge is -2.11. The molecule has 0 bridgehead atoms. The molecule has 0 unspecified atom stereocenters. The highest BCUT2D eigenvalue weighted by Gasteiger charge is 2.09. The van der Waals surface area contributed by atoms with Crippen LogP contribution in [-0.4, -0.2) is 4.98 Å². The number of aromatic nitrogens is 1. The van der Waals surface area contributed by atoms with Crippen LogP contribution >= 0.6 is 15.9 Å². The van der Waals surface area contributed by atoms with Gasteiger partial charge < -0.3 is 10.5 Å². The summed E-state index contributed by atoms with van der Waals surface area (Å²) in [5.41, 5.74) is 7.53. The third-order valence-electron chi connectivity index (χ3n) is 3.25. The van der Waals surface area contributed by atoms with Crippen molar-refractivity contribution < 1.29 is 4.74 Å². The number of nitrogens with zero attached hydrogens (tertiary/aromatic N) is 1. The molecular formula is C16H13BrN2O. The highest BCUT2D eigenvalue weighted by Crippen LogP contribution is 2.33. The molecule has 2 aromatic carbocycles. The number of rotatable bonds is 2. The van der Waals surface area contributed by atoms with Crippen molar-refractivity contribution in [1.29, 1.82) is 0 Å². The zero-order valence-electron chi connectivity index (χ0n) is 10.9. The predicted octanol–water partition coefficient (Wildman–Crippen LogP) is 4.68. The number of fused-ring (bicyclic) bond motifs is 1. The molecule has 2 N–H and O–H groups in total.